The van der Waals surface area contributed by atoms with Crippen molar-refractivity contribution in [2.45, 2.75) is 45.7 Å². The molecule has 1 atom stereocenters. The lowest BCUT2D eigenvalue weighted by Crippen LogP contribution is -2.49. The number of carbonyl (C=O) groups is 2. The highest BCUT2D eigenvalue weighted by atomic mass is 35.5. The lowest BCUT2D eigenvalue weighted by atomic mass is 10.0. The molecule has 2 amide bonds. The smallest absolute Gasteiger partial charge is 0.242 e. The maximum atomic E-state index is 13.8. The van der Waals surface area contributed by atoms with Crippen molar-refractivity contribution in [2.24, 2.45) is 0 Å². The van der Waals surface area contributed by atoms with E-state index in [1.165, 1.54) is 16.3 Å². The summed E-state index contributed by atoms with van der Waals surface area (Å²) in [6.45, 7) is 4.09. The molecule has 0 spiro atoms. The van der Waals surface area contributed by atoms with Crippen LogP contribution in [0.25, 0.3) is 0 Å². The zero-order valence-electron chi connectivity index (χ0n) is 23.2. The summed E-state index contributed by atoms with van der Waals surface area (Å²) in [5.74, 6) is -0.598. The molecule has 0 bridgehead atoms. The minimum atomic E-state index is -3.58. The topological polar surface area (TPSA) is 86.8 Å². The van der Waals surface area contributed by atoms with Crippen LogP contribution in [0.1, 0.15) is 35.1 Å². The standard InChI is InChI=1S/C30H35Cl2N3O4S/c1-21-12-15-26(17-22(21)2)35(40(4,38)39)16-8-11-29(36)34(20-24-13-14-25(31)19-27(24)32)28(30(37)33-3)18-23-9-6-5-7-10-23/h5-7,9-10,12-15,17,19,28H,8,11,16,18,20H2,1-4H3,(H,33,37)/t28-/m1/s1. The fraction of sp³-hybridized carbons (Fsp3) is 0.333. The van der Waals surface area contributed by atoms with Gasteiger partial charge in [-0.25, -0.2) is 8.42 Å². The highest BCUT2D eigenvalue weighted by Crippen LogP contribution is 2.25. The monoisotopic (exact) mass is 603 g/mol. The van der Waals surface area contributed by atoms with Gasteiger partial charge >= 0.3 is 0 Å². The fourth-order valence-electron chi connectivity index (χ4n) is 4.44. The van der Waals surface area contributed by atoms with Gasteiger partial charge in [0.05, 0.1) is 11.9 Å². The Morgan fingerprint density at radius 1 is 0.950 bits per heavy atom. The van der Waals surface area contributed by atoms with Gasteiger partial charge in [-0.2, -0.15) is 0 Å². The van der Waals surface area contributed by atoms with E-state index in [0.717, 1.165) is 22.9 Å². The highest BCUT2D eigenvalue weighted by molar-refractivity contribution is 7.92. The molecule has 10 heteroatoms. The second kappa shape index (κ2) is 14.0. The molecular weight excluding hydrogens is 569 g/mol. The van der Waals surface area contributed by atoms with Crippen molar-refractivity contribution < 1.29 is 18.0 Å². The summed E-state index contributed by atoms with van der Waals surface area (Å²) in [6, 6.07) is 19.1. The van der Waals surface area contributed by atoms with Gasteiger partial charge in [0.25, 0.3) is 0 Å². The third-order valence-corrected chi connectivity index (χ3v) is 8.58. The summed E-state index contributed by atoms with van der Waals surface area (Å²) < 4.78 is 26.6. The SMILES string of the molecule is CNC(=O)[C@@H](Cc1ccccc1)N(Cc1ccc(Cl)cc1Cl)C(=O)CCCN(c1ccc(C)c(C)c1)S(C)(=O)=O. The lowest BCUT2D eigenvalue weighted by Gasteiger charge is -2.32. The number of nitrogens with zero attached hydrogens (tertiary/aromatic N) is 2. The highest BCUT2D eigenvalue weighted by Gasteiger charge is 2.30. The lowest BCUT2D eigenvalue weighted by molar-refractivity contribution is -0.141. The molecule has 40 heavy (non-hydrogen) atoms. The Morgan fingerprint density at radius 2 is 1.65 bits per heavy atom. The Bertz CT molecular complexity index is 1450. The average Bonchev–Trinajstić information content (AvgIpc) is 2.90. The van der Waals surface area contributed by atoms with Crippen LogP contribution in [0.3, 0.4) is 0 Å². The summed E-state index contributed by atoms with van der Waals surface area (Å²) in [5, 5.41) is 3.53. The molecule has 0 saturated carbocycles. The van der Waals surface area contributed by atoms with Crippen LogP contribution in [0.15, 0.2) is 66.7 Å². The number of carbonyl (C=O) groups excluding carboxylic acids is 2. The van der Waals surface area contributed by atoms with E-state index in [1.54, 1.807) is 24.3 Å². The number of hydrogen-bond acceptors (Lipinski definition) is 4. The predicted molar refractivity (Wildman–Crippen MR) is 162 cm³/mol. The molecule has 0 aromatic heterocycles. The van der Waals surface area contributed by atoms with Gasteiger partial charge in [-0.05, 0) is 66.8 Å². The first-order valence-corrected chi connectivity index (χ1v) is 15.5. The van der Waals surface area contributed by atoms with E-state index in [-0.39, 0.29) is 37.7 Å². The quantitative estimate of drug-likeness (QED) is 0.294. The molecule has 0 aliphatic heterocycles. The van der Waals surface area contributed by atoms with Crippen molar-refractivity contribution in [3.05, 3.63) is 99.0 Å². The molecular formula is C30H35Cl2N3O4S. The number of sulfonamides is 1. The molecule has 3 rings (SSSR count). The second-order valence-corrected chi connectivity index (χ2v) is 12.5. The van der Waals surface area contributed by atoms with Crippen LogP contribution in [0.5, 0.6) is 0 Å². The molecule has 3 aromatic rings. The number of halogens is 2. The molecule has 0 fully saturated rings. The summed E-state index contributed by atoms with van der Waals surface area (Å²) in [4.78, 5) is 28.4. The summed E-state index contributed by atoms with van der Waals surface area (Å²) in [6.07, 6.45) is 1.75. The third kappa shape index (κ3) is 8.46. The Kier molecular flexibility index (Phi) is 11.0. The van der Waals surface area contributed by atoms with E-state index >= 15 is 0 Å². The maximum absolute atomic E-state index is 13.8. The van der Waals surface area contributed by atoms with E-state index in [1.807, 2.05) is 56.3 Å². The Labute approximate surface area is 247 Å². The molecule has 0 aliphatic rings. The van der Waals surface area contributed by atoms with Gasteiger partial charge in [0, 0.05) is 43.0 Å². The van der Waals surface area contributed by atoms with Gasteiger partial charge in [-0.15, -0.1) is 0 Å². The molecule has 0 saturated heterocycles. The number of anilines is 1. The van der Waals surface area contributed by atoms with Gasteiger partial charge < -0.3 is 10.2 Å². The predicted octanol–water partition coefficient (Wildman–Crippen LogP) is 5.54. The Balaban J connectivity index is 1.88. The molecule has 0 heterocycles. The van der Waals surface area contributed by atoms with Crippen molar-refractivity contribution in [3.8, 4) is 0 Å². The second-order valence-electron chi connectivity index (χ2n) is 9.78. The zero-order valence-corrected chi connectivity index (χ0v) is 25.5. The number of amides is 2. The Hall–Kier alpha value is -3.07. The van der Waals surface area contributed by atoms with Crippen LogP contribution in [0.2, 0.25) is 10.0 Å². The van der Waals surface area contributed by atoms with Crippen molar-refractivity contribution in [2.75, 3.05) is 24.2 Å². The molecule has 1 N–H and O–H groups in total. The van der Waals surface area contributed by atoms with Crippen LogP contribution in [0, 0.1) is 13.8 Å². The average molecular weight is 605 g/mol. The minimum absolute atomic E-state index is 0.0321. The molecule has 3 aromatic carbocycles. The molecule has 0 unspecified atom stereocenters. The first-order chi connectivity index (χ1) is 18.9. The number of likely N-dealkylation sites (N-methyl/N-ethyl adjacent to an activating group) is 1. The summed E-state index contributed by atoms with van der Waals surface area (Å²) in [7, 11) is -2.05. The van der Waals surface area contributed by atoms with Crippen LogP contribution in [-0.4, -0.2) is 51.0 Å². The molecule has 214 valence electrons. The first kappa shape index (κ1) is 31.5. The number of rotatable bonds is 12. The van der Waals surface area contributed by atoms with Crippen molar-refractivity contribution >= 4 is 50.7 Å². The van der Waals surface area contributed by atoms with Crippen molar-refractivity contribution in [3.63, 3.8) is 0 Å². The van der Waals surface area contributed by atoms with Gasteiger partial charge in [0.2, 0.25) is 21.8 Å². The van der Waals surface area contributed by atoms with E-state index in [2.05, 4.69) is 5.32 Å². The van der Waals surface area contributed by atoms with Crippen LogP contribution < -0.4 is 9.62 Å². The van der Waals surface area contributed by atoms with E-state index in [4.69, 9.17) is 23.2 Å². The van der Waals surface area contributed by atoms with Crippen LogP contribution in [0.4, 0.5) is 5.69 Å². The van der Waals surface area contributed by atoms with Crippen LogP contribution >= 0.6 is 23.2 Å². The normalized spacial score (nSPS) is 12.1. The van der Waals surface area contributed by atoms with Crippen LogP contribution in [-0.2, 0) is 32.6 Å². The van der Waals surface area contributed by atoms with E-state index in [0.29, 0.717) is 27.7 Å². The number of nitrogens with one attached hydrogen (secondary N) is 1. The molecule has 0 aliphatic carbocycles. The summed E-state index contributed by atoms with van der Waals surface area (Å²) in [5.41, 5.74) is 4.13. The number of hydrogen-bond donors (Lipinski definition) is 1. The summed E-state index contributed by atoms with van der Waals surface area (Å²) >= 11 is 12.5. The van der Waals surface area contributed by atoms with E-state index in [9.17, 15) is 18.0 Å². The molecule has 0 radical (unpaired) electrons. The van der Waals surface area contributed by atoms with Crippen molar-refractivity contribution in [1.82, 2.24) is 10.2 Å². The van der Waals surface area contributed by atoms with Gasteiger partial charge in [-0.3, -0.25) is 13.9 Å². The van der Waals surface area contributed by atoms with Gasteiger partial charge in [-0.1, -0.05) is 65.7 Å². The van der Waals surface area contributed by atoms with Gasteiger partial charge in [0.1, 0.15) is 6.04 Å². The molecule has 7 nitrogen and oxygen atoms in total. The first-order valence-electron chi connectivity index (χ1n) is 12.9. The minimum Gasteiger partial charge on any atom is -0.357 e. The maximum Gasteiger partial charge on any atom is 0.242 e. The van der Waals surface area contributed by atoms with E-state index < -0.39 is 16.1 Å². The van der Waals surface area contributed by atoms with Crippen molar-refractivity contribution in [1.29, 1.82) is 0 Å². The zero-order chi connectivity index (χ0) is 29.4. The third-order valence-electron chi connectivity index (χ3n) is 6.80. The van der Waals surface area contributed by atoms with Gasteiger partial charge in [0.15, 0.2) is 0 Å². The Morgan fingerprint density at radius 3 is 2.25 bits per heavy atom. The largest absolute Gasteiger partial charge is 0.357 e. The number of benzene rings is 3. The fourth-order valence-corrected chi connectivity index (χ4v) is 5.86. The number of aryl methyl sites for hydroxylation is 2.